The van der Waals surface area contributed by atoms with Crippen molar-refractivity contribution in [3.05, 3.63) is 65.2 Å². The summed E-state index contributed by atoms with van der Waals surface area (Å²) in [7, 11) is 6.00. The van der Waals surface area contributed by atoms with Crippen molar-refractivity contribution in [2.45, 2.75) is 208 Å². The molecule has 1 saturated heterocycles. The van der Waals surface area contributed by atoms with Crippen molar-refractivity contribution in [3.63, 3.8) is 0 Å². The Bertz CT molecular complexity index is 3060. The molecule has 0 bridgehead atoms. The van der Waals surface area contributed by atoms with Crippen LogP contribution in [-0.4, -0.2) is 252 Å². The van der Waals surface area contributed by atoms with Crippen LogP contribution in [0.15, 0.2) is 48.5 Å². The van der Waals surface area contributed by atoms with E-state index in [1.54, 1.807) is 79.5 Å². The number of likely N-dealkylation sites (N-methyl/N-ethyl adjacent to an activating group) is 2. The molecule has 31 heteroatoms. The molecule has 2 aromatic carbocycles. The SMILES string of the molecule is CC[C@H](C)[C@@H]([C@@H](CC(=O)N1CCC[C@H]1[C@H](OC)[C@@H](C)C(=O)N[C@H](C)[C@@H](O)c1ccccc1)OC)N(C)C(=O)[C@@H](NC(=O)[C@H](C(C)C)N(C)C(=O)OCc1ccc(NC(O)[C@H](CCCNC(N)=O)NC(=O)[C@@H](NC(=O)CCOCCOCCOCCOCCC(=O)C(C)C)C(C)C)cc1C(=O)NCCN)C(C)C. The summed E-state index contributed by atoms with van der Waals surface area (Å²) in [6, 6.07) is 6.54. The molecule has 1 aliphatic heterocycles. The zero-order valence-corrected chi connectivity index (χ0v) is 66.1. The molecule has 2 aromatic rings. The van der Waals surface area contributed by atoms with Crippen LogP contribution < -0.4 is 48.7 Å². The predicted octanol–water partition coefficient (Wildman–Crippen LogP) is 4.14. The highest BCUT2D eigenvalue weighted by Gasteiger charge is 2.44. The maximum Gasteiger partial charge on any atom is 0.410 e. The van der Waals surface area contributed by atoms with Crippen LogP contribution in [0.2, 0.25) is 0 Å². The molecule has 606 valence electrons. The molecule has 0 radical (unpaired) electrons. The lowest BCUT2D eigenvalue weighted by Gasteiger charge is -2.41. The number of nitrogens with two attached hydrogens (primary N) is 2. The Morgan fingerprint density at radius 2 is 1.28 bits per heavy atom. The fourth-order valence-electron chi connectivity index (χ4n) is 12.8. The standard InChI is InChI=1S/C76H128N12O19/c1-17-50(10)66(60(101-15)44-62(91)88-34-22-26-58(88)68(102-16)51(11)69(93)81-52(12)67(92)53-23-19-18-20-24-53)86(13)74(98)64(48(6)7)85-73(97)65(49(8)9)87(14)76(100)107-45-54-27-28-55(43-56(54)70(94)79-33-31-77)82-71(95)57(25-21-32-80-75(78)99)83-72(96)63(47(4)5)84-61(90)30-36-104-38-40-106-42-41-105-39-37-103-35-29-59(89)46(2)3/h18-20,23-24,27-28,43,46-52,57-58,60,63-68,71,82,92,95H,17,21-22,25-26,29-42,44-45,77H2,1-16H3,(H,79,94)(H,81,93)(H,83,96)(H,84,90)(H,85,97)(H3,78,80,99)/t50-,51+,52+,57-,58-,60+,63-,64-,65-,66-,67+,68+,71?/m0/s1. The van der Waals surface area contributed by atoms with Crippen molar-refractivity contribution in [1.29, 1.82) is 0 Å². The minimum absolute atomic E-state index is 0.0165. The number of urea groups is 1. The molecule has 1 fully saturated rings. The maximum atomic E-state index is 15.0. The van der Waals surface area contributed by atoms with E-state index < -0.39 is 139 Å². The summed E-state index contributed by atoms with van der Waals surface area (Å²) in [5.74, 6) is -5.59. The summed E-state index contributed by atoms with van der Waals surface area (Å²) in [6.07, 6.45) is -2.58. The quantitative estimate of drug-likeness (QED) is 0.0327. The van der Waals surface area contributed by atoms with E-state index in [1.165, 1.54) is 44.4 Å². The van der Waals surface area contributed by atoms with Crippen LogP contribution in [0.25, 0.3) is 0 Å². The molecule has 13 atom stereocenters. The molecule has 0 spiro atoms. The van der Waals surface area contributed by atoms with Gasteiger partial charge in [0.25, 0.3) is 5.91 Å². The van der Waals surface area contributed by atoms with Gasteiger partial charge in [-0.1, -0.05) is 119 Å². The number of rotatable bonds is 52. The Morgan fingerprint density at radius 1 is 0.673 bits per heavy atom. The Kier molecular flexibility index (Phi) is 43.2. The molecule has 0 aromatic heterocycles. The number of primary amides is 1. The summed E-state index contributed by atoms with van der Waals surface area (Å²) >= 11 is 0. The highest BCUT2D eigenvalue weighted by molar-refractivity contribution is 5.97. The highest BCUT2D eigenvalue weighted by atomic mass is 16.6. The van der Waals surface area contributed by atoms with Gasteiger partial charge in [0.15, 0.2) is 0 Å². The molecular formula is C76H128N12O19. The van der Waals surface area contributed by atoms with E-state index in [0.29, 0.717) is 70.8 Å². The number of ketones is 1. The highest BCUT2D eigenvalue weighted by Crippen LogP contribution is 2.31. The fourth-order valence-corrected chi connectivity index (χ4v) is 12.8. The normalized spacial score (nSPS) is 16.4. The topological polar surface area (TPSA) is 422 Å². The number of nitrogens with one attached hydrogen (secondary N) is 7. The van der Waals surface area contributed by atoms with Crippen LogP contribution >= 0.6 is 0 Å². The van der Waals surface area contributed by atoms with E-state index in [4.69, 9.17) is 44.6 Å². The van der Waals surface area contributed by atoms with Gasteiger partial charge in [-0.3, -0.25) is 43.3 Å². The number of Topliss-reactive ketones (excluding diaryl/α,β-unsaturated/α-hetero) is 1. The van der Waals surface area contributed by atoms with Crippen molar-refractivity contribution in [2.24, 2.45) is 47.0 Å². The van der Waals surface area contributed by atoms with Crippen molar-refractivity contribution in [1.82, 2.24) is 46.6 Å². The molecule has 0 saturated carbocycles. The maximum absolute atomic E-state index is 15.0. The fraction of sp³-hybridized carbons (Fsp3) is 0.711. The molecule has 0 aliphatic carbocycles. The van der Waals surface area contributed by atoms with E-state index in [2.05, 4.69) is 37.2 Å². The number of methoxy groups -OCH3 is 2. The van der Waals surface area contributed by atoms with Crippen LogP contribution in [0.5, 0.6) is 0 Å². The van der Waals surface area contributed by atoms with Crippen LogP contribution in [0.4, 0.5) is 15.3 Å². The Morgan fingerprint density at radius 3 is 1.83 bits per heavy atom. The lowest BCUT2D eigenvalue weighted by atomic mass is 9.89. The van der Waals surface area contributed by atoms with Crippen molar-refractivity contribution in [2.75, 3.05) is 113 Å². The van der Waals surface area contributed by atoms with Crippen LogP contribution in [0, 0.1) is 35.5 Å². The van der Waals surface area contributed by atoms with Gasteiger partial charge in [0.05, 0.1) is 108 Å². The smallest absolute Gasteiger partial charge is 0.410 e. The number of aliphatic hydroxyl groups excluding tert-OH is 2. The first-order valence-corrected chi connectivity index (χ1v) is 37.6. The predicted molar refractivity (Wildman–Crippen MR) is 404 cm³/mol. The molecule has 3 rings (SSSR count). The minimum atomic E-state index is -1.53. The number of aliphatic hydroxyl groups is 2. The van der Waals surface area contributed by atoms with E-state index in [9.17, 15) is 58.2 Å². The number of carbonyl (C=O) groups is 10. The monoisotopic (exact) mass is 1510 g/mol. The average molecular weight is 1510 g/mol. The van der Waals surface area contributed by atoms with Gasteiger partial charge in [-0.25, -0.2) is 9.59 Å². The molecule has 1 unspecified atom stereocenters. The first-order valence-electron chi connectivity index (χ1n) is 37.6. The number of carbonyl (C=O) groups excluding carboxylic acids is 10. The first kappa shape index (κ1) is 93.6. The number of hydrogen-bond donors (Lipinski definition) is 11. The minimum Gasteiger partial charge on any atom is -0.445 e. The number of amides is 10. The van der Waals surface area contributed by atoms with Gasteiger partial charge in [0.2, 0.25) is 35.4 Å². The lowest BCUT2D eigenvalue weighted by molar-refractivity contribution is -0.148. The zero-order valence-electron chi connectivity index (χ0n) is 66.1. The molecule has 31 nitrogen and oxygen atoms in total. The number of hydrogen-bond acceptors (Lipinski definition) is 21. The Hall–Kier alpha value is -7.62. The Labute approximate surface area is 633 Å². The third-order valence-electron chi connectivity index (χ3n) is 19.2. The Balaban J connectivity index is 1.73. The van der Waals surface area contributed by atoms with Gasteiger partial charge in [0.1, 0.15) is 36.7 Å². The molecule has 1 aliphatic rings. The summed E-state index contributed by atoms with van der Waals surface area (Å²) in [6.45, 7) is 24.0. The van der Waals surface area contributed by atoms with Gasteiger partial charge in [0, 0.05) is 90.1 Å². The van der Waals surface area contributed by atoms with Crippen LogP contribution in [0.1, 0.15) is 162 Å². The van der Waals surface area contributed by atoms with Gasteiger partial charge in [-0.2, -0.15) is 0 Å². The van der Waals surface area contributed by atoms with Gasteiger partial charge >= 0.3 is 12.1 Å². The summed E-state index contributed by atoms with van der Waals surface area (Å²) < 4.78 is 39.9. The molecule has 1 heterocycles. The number of anilines is 1. The zero-order chi connectivity index (χ0) is 80.0. The van der Waals surface area contributed by atoms with Crippen molar-refractivity contribution >= 4 is 64.9 Å². The van der Waals surface area contributed by atoms with Gasteiger partial charge in [-0.05, 0) is 74.0 Å². The first-order chi connectivity index (χ1) is 50.8. The summed E-state index contributed by atoms with van der Waals surface area (Å²) in [5, 5.41) is 42.4. The van der Waals surface area contributed by atoms with E-state index in [0.717, 1.165) is 4.90 Å². The van der Waals surface area contributed by atoms with Gasteiger partial charge < -0.3 is 102 Å². The van der Waals surface area contributed by atoms with Crippen molar-refractivity contribution < 1.29 is 91.3 Å². The van der Waals surface area contributed by atoms with Crippen LogP contribution in [0.3, 0.4) is 0 Å². The second-order valence-corrected chi connectivity index (χ2v) is 28.7. The molecule has 107 heavy (non-hydrogen) atoms. The van der Waals surface area contributed by atoms with E-state index in [-0.39, 0.29) is 111 Å². The number of ether oxygens (including phenoxy) is 7. The molecule has 13 N–H and O–H groups in total. The summed E-state index contributed by atoms with van der Waals surface area (Å²) in [5.41, 5.74) is 12.2. The van der Waals surface area contributed by atoms with Crippen molar-refractivity contribution in [3.8, 4) is 0 Å². The van der Waals surface area contributed by atoms with E-state index in [1.807, 2.05) is 45.9 Å². The number of nitrogens with zero attached hydrogens (tertiary/aromatic N) is 3. The second kappa shape index (κ2) is 49.4. The lowest BCUT2D eigenvalue weighted by Crippen LogP contribution is -2.60. The molecular weight excluding hydrogens is 1380 g/mol. The molecule has 10 amide bonds. The number of benzene rings is 2. The average Bonchev–Trinajstić information content (AvgIpc) is 1.74. The second-order valence-electron chi connectivity index (χ2n) is 28.7. The van der Waals surface area contributed by atoms with E-state index >= 15 is 0 Å². The van der Waals surface area contributed by atoms with Gasteiger partial charge in [-0.15, -0.1) is 0 Å². The third kappa shape index (κ3) is 31.5. The number of likely N-dealkylation sites (tertiary alicyclic amines) is 1. The van der Waals surface area contributed by atoms with Crippen LogP contribution in [-0.2, 0) is 73.3 Å². The largest absolute Gasteiger partial charge is 0.445 e. The third-order valence-corrected chi connectivity index (χ3v) is 19.2. The summed E-state index contributed by atoms with van der Waals surface area (Å²) in [4.78, 5) is 141.